The van der Waals surface area contributed by atoms with Crippen LogP contribution < -0.4 is 0 Å². The van der Waals surface area contributed by atoms with E-state index in [1.165, 1.54) is 0 Å². The van der Waals surface area contributed by atoms with Crippen LogP contribution in [0.1, 0.15) is 22.8 Å². The Morgan fingerprint density at radius 2 is 2.07 bits per heavy atom. The molecule has 0 saturated heterocycles. The Bertz CT molecular complexity index is 344. The lowest BCUT2D eigenvalue weighted by molar-refractivity contribution is -0.131. The quantitative estimate of drug-likeness (QED) is 0.679. The molecule has 1 radical (unpaired) electrons. The first kappa shape index (κ1) is 10.4. The number of ether oxygens (including phenoxy) is 1. The number of benzene rings is 1. The zero-order valence-electron chi connectivity index (χ0n) is 8.11. The number of hydrogen-bond donors (Lipinski definition) is 0. The van der Waals surface area contributed by atoms with Crippen molar-refractivity contribution in [3.8, 4) is 0 Å². The zero-order valence-corrected chi connectivity index (χ0v) is 8.11. The van der Waals surface area contributed by atoms with Crippen molar-refractivity contribution in [3.05, 3.63) is 34.9 Å². The molecule has 3 heteroatoms. The van der Waals surface area contributed by atoms with Gasteiger partial charge in [0.1, 0.15) is 0 Å². The van der Waals surface area contributed by atoms with E-state index in [4.69, 9.17) is 0 Å². The normalized spacial score (nSPS) is 11.9. The van der Waals surface area contributed by atoms with Crippen molar-refractivity contribution in [1.82, 2.24) is 0 Å². The van der Waals surface area contributed by atoms with Crippen molar-refractivity contribution in [2.24, 2.45) is 0 Å². The van der Waals surface area contributed by atoms with Gasteiger partial charge in [-0.05, 0) is 25.0 Å². The Balaban J connectivity index is 2.98. The van der Waals surface area contributed by atoms with E-state index in [1.807, 2.05) is 26.0 Å². The van der Waals surface area contributed by atoms with Gasteiger partial charge in [0.2, 0.25) is 6.29 Å². The molecule has 0 spiro atoms. The van der Waals surface area contributed by atoms with E-state index in [2.05, 4.69) is 4.74 Å². The monoisotopic (exact) mass is 191 g/mol. The van der Waals surface area contributed by atoms with Crippen molar-refractivity contribution in [2.75, 3.05) is 0 Å². The summed E-state index contributed by atoms with van der Waals surface area (Å²) < 4.78 is 4.57. The number of hydrogen-bond acceptors (Lipinski definition) is 3. The zero-order chi connectivity index (χ0) is 10.6. The fourth-order valence-electron chi connectivity index (χ4n) is 1.16. The predicted molar refractivity (Wildman–Crippen MR) is 51.5 cm³/mol. The van der Waals surface area contributed by atoms with Crippen molar-refractivity contribution in [2.45, 2.75) is 20.0 Å². The van der Waals surface area contributed by atoms with Gasteiger partial charge in [-0.15, -0.1) is 0 Å². The smallest absolute Gasteiger partial charge is 0.294 e. The van der Waals surface area contributed by atoms with Crippen LogP contribution in [-0.2, 0) is 14.3 Å². The van der Waals surface area contributed by atoms with Gasteiger partial charge in [-0.2, -0.15) is 0 Å². The topological polar surface area (TPSA) is 43.4 Å². The first-order valence-electron chi connectivity index (χ1n) is 4.23. The molecule has 0 bridgehead atoms. The van der Waals surface area contributed by atoms with Crippen LogP contribution in [0.3, 0.4) is 0 Å². The van der Waals surface area contributed by atoms with E-state index in [0.29, 0.717) is 5.56 Å². The molecule has 1 aromatic carbocycles. The first-order chi connectivity index (χ1) is 6.69. The minimum Gasteiger partial charge on any atom is -0.451 e. The van der Waals surface area contributed by atoms with E-state index in [1.54, 1.807) is 12.4 Å². The highest BCUT2D eigenvalue weighted by atomic mass is 16.5. The Kier molecular flexibility index (Phi) is 3.40. The number of rotatable bonds is 4. The van der Waals surface area contributed by atoms with Gasteiger partial charge in [-0.3, -0.25) is 9.59 Å². The highest BCUT2D eigenvalue weighted by Crippen LogP contribution is 2.17. The molecule has 0 amide bonds. The van der Waals surface area contributed by atoms with E-state index in [-0.39, 0.29) is 6.47 Å². The second-order valence-corrected chi connectivity index (χ2v) is 3.07. The molecule has 1 unspecified atom stereocenters. The molecule has 0 saturated carbocycles. The van der Waals surface area contributed by atoms with Crippen LogP contribution in [0.4, 0.5) is 0 Å². The molecule has 73 valence electrons. The molecule has 0 aliphatic heterocycles. The van der Waals surface area contributed by atoms with Crippen LogP contribution in [0.2, 0.25) is 0 Å². The molecular weight excluding hydrogens is 180 g/mol. The van der Waals surface area contributed by atoms with Crippen molar-refractivity contribution in [1.29, 1.82) is 0 Å². The van der Waals surface area contributed by atoms with Crippen LogP contribution in [-0.4, -0.2) is 12.8 Å². The van der Waals surface area contributed by atoms with Gasteiger partial charge in [0.05, 0.1) is 0 Å². The Morgan fingerprint density at radius 1 is 1.36 bits per heavy atom. The summed E-state index contributed by atoms with van der Waals surface area (Å²) in [5, 5.41) is 0. The maximum Gasteiger partial charge on any atom is 0.294 e. The van der Waals surface area contributed by atoms with Crippen LogP contribution in [0.15, 0.2) is 18.2 Å². The molecule has 0 fully saturated rings. The third-order valence-electron chi connectivity index (χ3n) is 2.13. The largest absolute Gasteiger partial charge is 0.451 e. The second kappa shape index (κ2) is 4.56. The number of carbonyl (C=O) groups is 1. The van der Waals surface area contributed by atoms with Gasteiger partial charge < -0.3 is 4.74 Å². The summed E-state index contributed by atoms with van der Waals surface area (Å²) in [5.41, 5.74) is 2.83. The third-order valence-corrected chi connectivity index (χ3v) is 2.13. The Hall–Kier alpha value is -1.64. The summed E-state index contributed by atoms with van der Waals surface area (Å²) in [6.07, 6.45) is 0.752. The average molecular weight is 191 g/mol. The summed E-state index contributed by atoms with van der Waals surface area (Å²) in [5.74, 6) is 0. The molecule has 0 aliphatic carbocycles. The summed E-state index contributed by atoms with van der Waals surface area (Å²) in [6.45, 7) is 4.16. The fraction of sp³-hybridized carbons (Fsp3) is 0.273. The highest BCUT2D eigenvalue weighted by Gasteiger charge is 2.12. The number of carbonyl (C=O) groups excluding carboxylic acids is 2. The van der Waals surface area contributed by atoms with Gasteiger partial charge >= 0.3 is 0 Å². The standard InChI is InChI=1S/C11H11O3/c1-8-3-4-10(5-9(8)2)11(6-12)14-7-13/h3-5,7,11H,1-2H3. The molecule has 1 aromatic rings. The second-order valence-electron chi connectivity index (χ2n) is 3.07. The molecule has 0 heterocycles. The molecular formula is C11H11O3. The fourth-order valence-corrected chi connectivity index (χ4v) is 1.16. The Morgan fingerprint density at radius 3 is 2.57 bits per heavy atom. The van der Waals surface area contributed by atoms with E-state index >= 15 is 0 Å². The van der Waals surface area contributed by atoms with Gasteiger partial charge in [-0.1, -0.05) is 18.2 Å². The minimum absolute atomic E-state index is 0.255. The van der Waals surface area contributed by atoms with Crippen LogP contribution in [0, 0.1) is 13.8 Å². The molecule has 1 atom stereocenters. The average Bonchev–Trinajstić information content (AvgIpc) is 2.19. The lowest BCUT2D eigenvalue weighted by Gasteiger charge is -2.09. The SMILES string of the molecule is Cc1ccc(C([C]=O)OC=O)cc1C. The molecule has 0 N–H and O–H groups in total. The minimum atomic E-state index is -0.910. The van der Waals surface area contributed by atoms with E-state index < -0.39 is 6.10 Å². The van der Waals surface area contributed by atoms with Crippen molar-refractivity contribution in [3.63, 3.8) is 0 Å². The molecule has 0 aromatic heterocycles. The molecule has 0 aliphatic rings. The van der Waals surface area contributed by atoms with Crippen molar-refractivity contribution < 1.29 is 14.3 Å². The predicted octanol–water partition coefficient (Wildman–Crippen LogP) is 1.63. The molecule has 14 heavy (non-hydrogen) atoms. The lowest BCUT2D eigenvalue weighted by atomic mass is 10.0. The van der Waals surface area contributed by atoms with E-state index in [0.717, 1.165) is 11.1 Å². The Labute approximate surface area is 82.7 Å². The van der Waals surface area contributed by atoms with Gasteiger partial charge in [0.15, 0.2) is 6.10 Å². The maximum atomic E-state index is 10.5. The lowest BCUT2D eigenvalue weighted by Crippen LogP contribution is -2.04. The van der Waals surface area contributed by atoms with Crippen LogP contribution in [0.25, 0.3) is 0 Å². The van der Waals surface area contributed by atoms with Crippen LogP contribution >= 0.6 is 0 Å². The molecule has 3 nitrogen and oxygen atoms in total. The summed E-state index contributed by atoms with van der Waals surface area (Å²) >= 11 is 0. The van der Waals surface area contributed by atoms with Crippen molar-refractivity contribution >= 4 is 12.8 Å². The van der Waals surface area contributed by atoms with Gasteiger partial charge in [-0.25, -0.2) is 0 Å². The summed E-state index contributed by atoms with van der Waals surface area (Å²) in [4.78, 5) is 20.6. The van der Waals surface area contributed by atoms with Gasteiger partial charge in [0, 0.05) is 5.56 Å². The summed E-state index contributed by atoms with van der Waals surface area (Å²) in [7, 11) is 0. The summed E-state index contributed by atoms with van der Waals surface area (Å²) in [6, 6.07) is 5.44. The van der Waals surface area contributed by atoms with Crippen LogP contribution in [0.5, 0.6) is 0 Å². The first-order valence-corrected chi connectivity index (χ1v) is 4.23. The third kappa shape index (κ3) is 2.19. The maximum absolute atomic E-state index is 10.5. The highest BCUT2D eigenvalue weighted by molar-refractivity contribution is 5.63. The van der Waals surface area contributed by atoms with Gasteiger partial charge in [0.25, 0.3) is 6.47 Å². The molecule has 1 rings (SSSR count). The number of aryl methyl sites for hydroxylation is 2. The van der Waals surface area contributed by atoms with E-state index in [9.17, 15) is 9.59 Å².